The van der Waals surface area contributed by atoms with Crippen molar-refractivity contribution in [1.82, 2.24) is 15.2 Å². The number of piperazine rings is 1. The minimum absolute atomic E-state index is 0.00643. The molecule has 1 saturated heterocycles. The van der Waals surface area contributed by atoms with Crippen molar-refractivity contribution < 1.29 is 14.0 Å². The molecule has 3 aliphatic rings. The lowest BCUT2D eigenvalue weighted by Crippen LogP contribution is -2.69. The van der Waals surface area contributed by atoms with Crippen LogP contribution in [0, 0.1) is 12.7 Å². The van der Waals surface area contributed by atoms with E-state index in [1.165, 1.54) is 6.07 Å². The van der Waals surface area contributed by atoms with Gasteiger partial charge in [-0.05, 0) is 44.4 Å². The first-order valence-corrected chi connectivity index (χ1v) is 9.40. The van der Waals surface area contributed by atoms with Crippen LogP contribution in [0.2, 0.25) is 0 Å². The molecule has 3 unspecified atom stereocenters. The predicted molar refractivity (Wildman–Crippen MR) is 99.4 cm³/mol. The predicted octanol–water partition coefficient (Wildman–Crippen LogP) is 1.79. The molecular weight excluding hydrogens is 349 g/mol. The van der Waals surface area contributed by atoms with Crippen LogP contribution in [0.15, 0.2) is 23.3 Å². The van der Waals surface area contributed by atoms with Crippen LogP contribution in [-0.2, 0) is 9.59 Å². The van der Waals surface area contributed by atoms with Crippen molar-refractivity contribution in [3.63, 3.8) is 0 Å². The Kier molecular flexibility index (Phi) is 4.49. The standard InChI is InChI=1S/C19H24FN5O2/c1-11-7-8-13(9-14(11)20)21-17(26)10-24-15-5-3-4-6-16(15)25-12(2)22-23-18(25)19(24)27/h7-9,15-16,18,23H,3-6,10H2,1-2H3,(H,21,26). The number of aryl methyl sites for hydroxylation is 1. The van der Waals surface area contributed by atoms with Crippen LogP contribution in [-0.4, -0.2) is 52.2 Å². The van der Waals surface area contributed by atoms with Gasteiger partial charge in [0.25, 0.3) is 5.91 Å². The molecule has 0 bridgehead atoms. The number of benzene rings is 1. The molecule has 2 heterocycles. The van der Waals surface area contributed by atoms with E-state index in [1.54, 1.807) is 24.0 Å². The number of amides is 2. The van der Waals surface area contributed by atoms with Crippen LogP contribution in [0.3, 0.4) is 0 Å². The van der Waals surface area contributed by atoms with Gasteiger partial charge in [-0.3, -0.25) is 15.0 Å². The molecule has 2 amide bonds. The van der Waals surface area contributed by atoms with Crippen molar-refractivity contribution >= 4 is 23.3 Å². The van der Waals surface area contributed by atoms with Gasteiger partial charge < -0.3 is 15.1 Å². The summed E-state index contributed by atoms with van der Waals surface area (Å²) in [6.45, 7) is 3.53. The Morgan fingerprint density at radius 2 is 2.04 bits per heavy atom. The van der Waals surface area contributed by atoms with Crippen LogP contribution in [0.4, 0.5) is 10.1 Å². The molecule has 1 aliphatic carbocycles. The maximum Gasteiger partial charge on any atom is 0.268 e. The largest absolute Gasteiger partial charge is 0.325 e. The summed E-state index contributed by atoms with van der Waals surface area (Å²) in [4.78, 5) is 29.3. The van der Waals surface area contributed by atoms with E-state index in [0.717, 1.165) is 31.5 Å². The summed E-state index contributed by atoms with van der Waals surface area (Å²) in [6, 6.07) is 4.74. The molecule has 4 rings (SSSR count). The Labute approximate surface area is 157 Å². The third kappa shape index (κ3) is 3.13. The fraction of sp³-hybridized carbons (Fsp3) is 0.526. The number of anilines is 1. The minimum Gasteiger partial charge on any atom is -0.325 e. The van der Waals surface area contributed by atoms with Crippen molar-refractivity contribution in [2.24, 2.45) is 5.10 Å². The Balaban J connectivity index is 1.51. The number of hydrogen-bond acceptors (Lipinski definition) is 5. The number of rotatable bonds is 3. The quantitative estimate of drug-likeness (QED) is 0.847. The van der Waals surface area contributed by atoms with E-state index in [0.29, 0.717) is 11.3 Å². The van der Waals surface area contributed by atoms with Gasteiger partial charge in [0.2, 0.25) is 5.91 Å². The molecule has 3 atom stereocenters. The van der Waals surface area contributed by atoms with E-state index in [4.69, 9.17) is 0 Å². The van der Waals surface area contributed by atoms with Crippen LogP contribution in [0.1, 0.15) is 38.2 Å². The lowest BCUT2D eigenvalue weighted by Gasteiger charge is -2.50. The van der Waals surface area contributed by atoms with Gasteiger partial charge in [0.05, 0.1) is 12.1 Å². The highest BCUT2D eigenvalue weighted by atomic mass is 19.1. The van der Waals surface area contributed by atoms with Gasteiger partial charge in [0, 0.05) is 5.69 Å². The lowest BCUT2D eigenvalue weighted by molar-refractivity contribution is -0.151. The van der Waals surface area contributed by atoms with Crippen LogP contribution >= 0.6 is 0 Å². The molecule has 144 valence electrons. The molecular formula is C19H24FN5O2. The highest BCUT2D eigenvalue weighted by molar-refractivity contribution is 5.97. The van der Waals surface area contributed by atoms with Gasteiger partial charge in [-0.25, -0.2) is 4.39 Å². The van der Waals surface area contributed by atoms with Gasteiger partial charge in [-0.1, -0.05) is 18.9 Å². The lowest BCUT2D eigenvalue weighted by atomic mass is 9.85. The number of carbonyl (C=O) groups excluding carboxylic acids is 2. The van der Waals surface area contributed by atoms with Gasteiger partial charge in [-0.15, -0.1) is 0 Å². The Morgan fingerprint density at radius 1 is 1.30 bits per heavy atom. The maximum atomic E-state index is 13.7. The summed E-state index contributed by atoms with van der Waals surface area (Å²) in [5.74, 6) is 0.00102. The van der Waals surface area contributed by atoms with Gasteiger partial charge in [0.15, 0.2) is 6.17 Å². The molecule has 0 aromatic heterocycles. The molecule has 1 saturated carbocycles. The monoisotopic (exact) mass is 373 g/mol. The molecule has 2 N–H and O–H groups in total. The van der Waals surface area contributed by atoms with Crippen LogP contribution in [0.5, 0.6) is 0 Å². The van der Waals surface area contributed by atoms with E-state index >= 15 is 0 Å². The first-order chi connectivity index (χ1) is 13.0. The molecule has 2 aliphatic heterocycles. The summed E-state index contributed by atoms with van der Waals surface area (Å²) in [6.07, 6.45) is 3.46. The zero-order chi connectivity index (χ0) is 19.1. The summed E-state index contributed by atoms with van der Waals surface area (Å²) in [5.41, 5.74) is 3.82. The second-order valence-corrected chi connectivity index (χ2v) is 7.50. The highest BCUT2D eigenvalue weighted by Gasteiger charge is 2.50. The SMILES string of the molecule is CC1=NNC2C(=O)N(CC(=O)Nc3ccc(C)c(F)c3)C3CCCCC3N12. The van der Waals surface area contributed by atoms with Crippen LogP contribution in [0.25, 0.3) is 0 Å². The van der Waals surface area contributed by atoms with Crippen molar-refractivity contribution in [2.45, 2.75) is 57.8 Å². The van der Waals surface area contributed by atoms with Gasteiger partial charge in [-0.2, -0.15) is 5.10 Å². The molecule has 0 radical (unpaired) electrons. The van der Waals surface area contributed by atoms with Crippen molar-refractivity contribution in [3.05, 3.63) is 29.6 Å². The molecule has 0 spiro atoms. The second kappa shape index (κ2) is 6.83. The molecule has 27 heavy (non-hydrogen) atoms. The van der Waals surface area contributed by atoms with E-state index in [1.807, 2.05) is 6.92 Å². The average molecular weight is 373 g/mol. The zero-order valence-electron chi connectivity index (χ0n) is 15.5. The number of hydrazone groups is 1. The van der Waals surface area contributed by atoms with E-state index in [2.05, 4.69) is 20.7 Å². The number of hydrogen-bond donors (Lipinski definition) is 2. The number of carbonyl (C=O) groups is 2. The summed E-state index contributed by atoms with van der Waals surface area (Å²) >= 11 is 0. The van der Waals surface area contributed by atoms with Gasteiger partial charge >= 0.3 is 0 Å². The summed E-state index contributed by atoms with van der Waals surface area (Å²) < 4.78 is 13.7. The number of nitrogens with zero attached hydrogens (tertiary/aromatic N) is 3. The number of amidine groups is 1. The fourth-order valence-corrected chi connectivity index (χ4v) is 4.39. The van der Waals surface area contributed by atoms with E-state index in [-0.39, 0.29) is 36.3 Å². The Hall–Kier alpha value is -2.64. The summed E-state index contributed by atoms with van der Waals surface area (Å²) in [5, 5.41) is 6.93. The highest BCUT2D eigenvalue weighted by Crippen LogP contribution is 2.34. The topological polar surface area (TPSA) is 77.0 Å². The number of nitrogens with one attached hydrogen (secondary N) is 2. The molecule has 7 nitrogen and oxygen atoms in total. The number of halogens is 1. The average Bonchev–Trinajstić information content (AvgIpc) is 3.04. The molecule has 2 fully saturated rings. The van der Waals surface area contributed by atoms with Crippen LogP contribution < -0.4 is 10.7 Å². The number of fused-ring (bicyclic) bond motifs is 3. The molecule has 1 aromatic rings. The summed E-state index contributed by atoms with van der Waals surface area (Å²) in [7, 11) is 0. The van der Waals surface area contributed by atoms with E-state index < -0.39 is 6.17 Å². The molecule has 8 heteroatoms. The maximum absolute atomic E-state index is 13.7. The second-order valence-electron chi connectivity index (χ2n) is 7.50. The third-order valence-corrected chi connectivity index (χ3v) is 5.74. The van der Waals surface area contributed by atoms with Crippen molar-refractivity contribution in [3.8, 4) is 0 Å². The normalized spacial score (nSPS) is 26.9. The first-order valence-electron chi connectivity index (χ1n) is 9.40. The zero-order valence-corrected chi connectivity index (χ0v) is 15.5. The Morgan fingerprint density at radius 3 is 2.78 bits per heavy atom. The molecule has 1 aromatic carbocycles. The van der Waals surface area contributed by atoms with Gasteiger partial charge in [0.1, 0.15) is 18.2 Å². The van der Waals surface area contributed by atoms with E-state index in [9.17, 15) is 14.0 Å². The van der Waals surface area contributed by atoms with Crippen molar-refractivity contribution in [1.29, 1.82) is 0 Å². The third-order valence-electron chi connectivity index (χ3n) is 5.74. The van der Waals surface area contributed by atoms with Crippen molar-refractivity contribution in [2.75, 3.05) is 11.9 Å². The minimum atomic E-state index is -0.533. The fourth-order valence-electron chi connectivity index (χ4n) is 4.39. The Bertz CT molecular complexity index is 811. The first kappa shape index (κ1) is 17.8. The smallest absolute Gasteiger partial charge is 0.268 e.